The molecular formula is C31H40F2N2. The van der Waals surface area contributed by atoms with Gasteiger partial charge in [0.05, 0.1) is 0 Å². The molecule has 3 rings (SSSR count). The molecule has 1 fully saturated rings. The number of alkyl halides is 2. The number of hydrogen-bond acceptors (Lipinski definition) is 2. The van der Waals surface area contributed by atoms with Crippen LogP contribution in [0.2, 0.25) is 0 Å². The van der Waals surface area contributed by atoms with Crippen LogP contribution < -0.4 is 0 Å². The first-order valence-electron chi connectivity index (χ1n) is 12.5. The van der Waals surface area contributed by atoms with Crippen LogP contribution >= 0.6 is 0 Å². The smallest absolute Gasteiger partial charge is 0.131 e. The van der Waals surface area contributed by atoms with E-state index in [0.29, 0.717) is 11.1 Å². The third-order valence-corrected chi connectivity index (χ3v) is 7.55. The molecule has 2 atom stereocenters. The number of piperidine rings is 1. The van der Waals surface area contributed by atoms with Crippen LogP contribution in [0.4, 0.5) is 8.78 Å². The van der Waals surface area contributed by atoms with Crippen LogP contribution in [-0.2, 0) is 17.8 Å². The first-order chi connectivity index (χ1) is 16.3. The van der Waals surface area contributed by atoms with Gasteiger partial charge in [-0.05, 0) is 77.5 Å². The van der Waals surface area contributed by atoms with Gasteiger partial charge in [-0.15, -0.1) is 6.58 Å². The largest absolute Gasteiger partial charge is 0.367 e. The topological polar surface area (TPSA) is 16.1 Å². The van der Waals surface area contributed by atoms with Crippen molar-refractivity contribution in [3.63, 3.8) is 0 Å². The Bertz CT molecular complexity index is 1070. The van der Waals surface area contributed by atoms with E-state index in [9.17, 15) is 4.39 Å². The van der Waals surface area contributed by atoms with E-state index in [1.165, 1.54) is 0 Å². The molecule has 1 unspecified atom stereocenters. The highest BCUT2D eigenvalue weighted by atomic mass is 19.1. The van der Waals surface area contributed by atoms with Crippen molar-refractivity contribution in [3.8, 4) is 0 Å². The maximum absolute atomic E-state index is 15.1. The lowest BCUT2D eigenvalue weighted by Crippen LogP contribution is -2.52. The van der Waals surface area contributed by atoms with Gasteiger partial charge in [0, 0.05) is 47.2 Å². The van der Waals surface area contributed by atoms with Crippen molar-refractivity contribution in [2.75, 3.05) is 6.54 Å². The van der Waals surface area contributed by atoms with Crippen molar-refractivity contribution in [2.24, 2.45) is 5.41 Å². The first-order valence-corrected chi connectivity index (χ1v) is 12.5. The summed E-state index contributed by atoms with van der Waals surface area (Å²) in [4.78, 5) is 6.60. The lowest BCUT2D eigenvalue weighted by Gasteiger charge is -2.52. The van der Waals surface area contributed by atoms with E-state index in [2.05, 4.69) is 36.5 Å². The van der Waals surface area contributed by atoms with Gasteiger partial charge in [0.2, 0.25) is 0 Å². The molecule has 1 aromatic heterocycles. The Morgan fingerprint density at radius 2 is 1.77 bits per heavy atom. The zero-order valence-electron chi connectivity index (χ0n) is 22.0. The standard InChI is InChI=1S/C31H40F2N2/c1-9-11-28-31(22(2)3,20-24-12-14-25(15-13-24)29(5,6)32)17-10-19-35(28)23(4)26-21-34-18-16-27(26)30(7,8)33/h9,12-16,18,21,28H,1-2,4,10-11,17,19-20H2,3,5-8H3/t28?,31-/m1/s1. The fraction of sp³-hybridized carbons (Fsp3) is 0.452. The fourth-order valence-corrected chi connectivity index (χ4v) is 5.55. The second kappa shape index (κ2) is 10.1. The molecule has 0 saturated carbocycles. The summed E-state index contributed by atoms with van der Waals surface area (Å²) in [6.45, 7) is 22.1. The van der Waals surface area contributed by atoms with Crippen LogP contribution in [0.5, 0.6) is 0 Å². The highest BCUT2D eigenvalue weighted by Crippen LogP contribution is 2.48. The van der Waals surface area contributed by atoms with Crippen molar-refractivity contribution in [3.05, 3.63) is 96.4 Å². The quantitative estimate of drug-likeness (QED) is 0.337. The number of benzene rings is 1. The molecule has 2 heterocycles. The van der Waals surface area contributed by atoms with Gasteiger partial charge >= 0.3 is 0 Å². The Kier molecular flexibility index (Phi) is 7.74. The second-order valence-corrected chi connectivity index (χ2v) is 11.0. The molecule has 1 aromatic carbocycles. The van der Waals surface area contributed by atoms with Crippen molar-refractivity contribution in [1.82, 2.24) is 9.88 Å². The zero-order chi connectivity index (χ0) is 26.0. The molecule has 1 aliphatic heterocycles. The SMILES string of the molecule is C=CCC1N(C(=C)c2cnccc2C(C)(C)F)CCC[C@@]1(Cc1ccc(C(C)(C)F)cc1)C(=C)C. The number of aromatic nitrogens is 1. The number of likely N-dealkylation sites (tertiary alicyclic amines) is 1. The molecule has 0 amide bonds. The van der Waals surface area contributed by atoms with E-state index < -0.39 is 11.3 Å². The average Bonchev–Trinajstić information content (AvgIpc) is 2.79. The molecule has 0 N–H and O–H groups in total. The van der Waals surface area contributed by atoms with Crippen LogP contribution in [0, 0.1) is 5.41 Å². The molecule has 1 aliphatic rings. The van der Waals surface area contributed by atoms with Crippen LogP contribution in [0.15, 0.2) is 74.1 Å². The summed E-state index contributed by atoms with van der Waals surface area (Å²) >= 11 is 0. The van der Waals surface area contributed by atoms with Gasteiger partial charge in [0.15, 0.2) is 0 Å². The van der Waals surface area contributed by atoms with E-state index in [1.807, 2.05) is 30.3 Å². The Morgan fingerprint density at radius 1 is 1.11 bits per heavy atom. The molecule has 188 valence electrons. The highest BCUT2D eigenvalue weighted by Gasteiger charge is 2.45. The van der Waals surface area contributed by atoms with Crippen molar-refractivity contribution in [2.45, 2.75) is 77.7 Å². The number of rotatable bonds is 9. The minimum absolute atomic E-state index is 0.0619. The Balaban J connectivity index is 2.03. The summed E-state index contributed by atoms with van der Waals surface area (Å²) in [5, 5.41) is 0. The summed E-state index contributed by atoms with van der Waals surface area (Å²) < 4.78 is 29.5. The molecule has 0 aliphatic carbocycles. The molecule has 2 aromatic rings. The fourth-order valence-electron chi connectivity index (χ4n) is 5.55. The highest BCUT2D eigenvalue weighted by molar-refractivity contribution is 5.66. The maximum Gasteiger partial charge on any atom is 0.131 e. The van der Waals surface area contributed by atoms with Crippen molar-refractivity contribution < 1.29 is 8.78 Å². The van der Waals surface area contributed by atoms with E-state index >= 15 is 4.39 Å². The zero-order valence-corrected chi connectivity index (χ0v) is 22.0. The summed E-state index contributed by atoms with van der Waals surface area (Å²) in [7, 11) is 0. The van der Waals surface area contributed by atoms with E-state index in [4.69, 9.17) is 0 Å². The second-order valence-electron chi connectivity index (χ2n) is 11.0. The molecule has 0 bridgehead atoms. The predicted octanol–water partition coefficient (Wildman–Crippen LogP) is 8.31. The van der Waals surface area contributed by atoms with Crippen LogP contribution in [0.25, 0.3) is 5.70 Å². The monoisotopic (exact) mass is 478 g/mol. The first kappa shape index (κ1) is 26.8. The van der Waals surface area contributed by atoms with Gasteiger partial charge in [-0.1, -0.05) is 49.1 Å². The predicted molar refractivity (Wildman–Crippen MR) is 143 cm³/mol. The number of nitrogens with zero attached hydrogens (tertiary/aromatic N) is 2. The maximum atomic E-state index is 15.1. The number of hydrogen-bond donors (Lipinski definition) is 0. The lowest BCUT2D eigenvalue weighted by atomic mass is 9.64. The van der Waals surface area contributed by atoms with Crippen LogP contribution in [-0.4, -0.2) is 22.5 Å². The molecular weight excluding hydrogens is 438 g/mol. The van der Waals surface area contributed by atoms with Crippen LogP contribution in [0.3, 0.4) is 0 Å². The summed E-state index contributed by atoms with van der Waals surface area (Å²) in [6.07, 6.45) is 8.78. The van der Waals surface area contributed by atoms with E-state index in [1.54, 1.807) is 46.2 Å². The summed E-state index contributed by atoms with van der Waals surface area (Å²) in [6, 6.07) is 9.64. The molecule has 1 saturated heterocycles. The summed E-state index contributed by atoms with van der Waals surface area (Å²) in [5.41, 5.74) is 1.92. The third-order valence-electron chi connectivity index (χ3n) is 7.55. The van der Waals surface area contributed by atoms with Gasteiger partial charge in [0.1, 0.15) is 11.3 Å². The van der Waals surface area contributed by atoms with E-state index in [0.717, 1.165) is 54.6 Å². The minimum Gasteiger partial charge on any atom is -0.367 e. The van der Waals surface area contributed by atoms with Gasteiger partial charge in [-0.3, -0.25) is 4.98 Å². The Hall–Kier alpha value is -2.75. The molecule has 2 nitrogen and oxygen atoms in total. The third kappa shape index (κ3) is 5.58. The van der Waals surface area contributed by atoms with Gasteiger partial charge in [-0.2, -0.15) is 0 Å². The van der Waals surface area contributed by atoms with Gasteiger partial charge < -0.3 is 4.90 Å². The van der Waals surface area contributed by atoms with Crippen molar-refractivity contribution >= 4 is 5.70 Å². The molecule has 0 spiro atoms. The molecule has 35 heavy (non-hydrogen) atoms. The van der Waals surface area contributed by atoms with E-state index in [-0.39, 0.29) is 11.5 Å². The number of pyridine rings is 1. The number of halogens is 2. The van der Waals surface area contributed by atoms with Gasteiger partial charge in [-0.25, -0.2) is 8.78 Å². The van der Waals surface area contributed by atoms with Crippen molar-refractivity contribution in [1.29, 1.82) is 0 Å². The normalized spacial score (nSPS) is 21.0. The average molecular weight is 479 g/mol. The lowest BCUT2D eigenvalue weighted by molar-refractivity contribution is 0.0841. The minimum atomic E-state index is -1.51. The Labute approximate surface area is 210 Å². The van der Waals surface area contributed by atoms with Gasteiger partial charge in [0.25, 0.3) is 0 Å². The molecule has 4 heteroatoms. The van der Waals surface area contributed by atoms with Crippen LogP contribution in [0.1, 0.15) is 76.1 Å². The summed E-state index contributed by atoms with van der Waals surface area (Å²) in [5.74, 6) is 0. The molecule has 0 radical (unpaired) electrons. The Morgan fingerprint density at radius 3 is 2.31 bits per heavy atom.